The molecule has 0 aromatic heterocycles. The Morgan fingerprint density at radius 1 is 0.233 bits per heavy atom. The fourth-order valence-electron chi connectivity index (χ4n) is 9.72. The summed E-state index contributed by atoms with van der Waals surface area (Å²) in [6, 6.07) is 0. The first-order valence-electron chi connectivity index (χ1n) is 32.0. The SMILES string of the molecule is CCCCCCCCCCCCCC(=O)OCCCCCCCCCCCCCCCCCC(=O)[O-].CCCCCCCCCCCCCC(=O)OCCCCCCCCCCCCCCCCCC(=O)[O-].[Ca+2]. The molecule has 0 fully saturated rings. The quantitative estimate of drug-likeness (QED) is 0.0334. The van der Waals surface area contributed by atoms with E-state index in [0.29, 0.717) is 26.1 Å². The van der Waals surface area contributed by atoms with Crippen LogP contribution in [0.15, 0.2) is 0 Å². The van der Waals surface area contributed by atoms with E-state index < -0.39 is 11.9 Å². The summed E-state index contributed by atoms with van der Waals surface area (Å²) in [5.74, 6) is -1.83. The van der Waals surface area contributed by atoms with Gasteiger partial charge in [0.15, 0.2) is 0 Å². The number of carbonyl (C=O) groups is 4. The standard InChI is InChI=1S/2C32H62O4.Ca/c2*1-2-3-4-5-6-7-13-17-20-23-26-29-32(35)36-30-27-24-21-18-15-12-10-8-9-11-14-16-19-22-25-28-31(33)34;/h2*2-30H2,1H3,(H,33,34);/q;;+2/p-2. The normalized spacial score (nSPS) is 11.0. The van der Waals surface area contributed by atoms with E-state index in [1.807, 2.05) is 0 Å². The van der Waals surface area contributed by atoms with Crippen molar-refractivity contribution in [3.05, 3.63) is 0 Å². The molecule has 0 radical (unpaired) electrons. The van der Waals surface area contributed by atoms with Crippen molar-refractivity contribution in [1.29, 1.82) is 0 Å². The minimum absolute atomic E-state index is 0. The van der Waals surface area contributed by atoms with E-state index in [4.69, 9.17) is 9.47 Å². The number of carboxylic acids is 2. The molecule has 0 aromatic carbocycles. The fraction of sp³-hybridized carbons (Fsp3) is 0.938. The van der Waals surface area contributed by atoms with E-state index in [2.05, 4.69) is 13.8 Å². The third kappa shape index (κ3) is 75.4. The van der Waals surface area contributed by atoms with E-state index in [-0.39, 0.29) is 62.5 Å². The molecule has 0 rings (SSSR count). The molecule has 0 aliphatic carbocycles. The van der Waals surface area contributed by atoms with Crippen LogP contribution in [0.2, 0.25) is 0 Å². The molecule has 0 amide bonds. The van der Waals surface area contributed by atoms with Gasteiger partial charge in [-0.3, -0.25) is 9.59 Å². The Hall–Kier alpha value is -0.860. The van der Waals surface area contributed by atoms with Crippen LogP contribution in [-0.2, 0) is 28.7 Å². The molecule has 8 nitrogen and oxygen atoms in total. The van der Waals surface area contributed by atoms with Crippen LogP contribution in [0, 0.1) is 0 Å². The summed E-state index contributed by atoms with van der Waals surface area (Å²) in [5.41, 5.74) is 0. The second-order valence-corrected chi connectivity index (χ2v) is 21.9. The zero-order valence-electron chi connectivity index (χ0n) is 49.0. The van der Waals surface area contributed by atoms with Crippen LogP contribution < -0.4 is 10.2 Å². The Labute approximate surface area is 483 Å². The summed E-state index contributed by atoms with van der Waals surface area (Å²) in [4.78, 5) is 44.4. The molecule has 428 valence electrons. The summed E-state index contributed by atoms with van der Waals surface area (Å²) in [6.07, 6.45) is 66.9. The molecule has 0 aromatic rings. The summed E-state index contributed by atoms with van der Waals surface area (Å²) in [6.45, 7) is 5.74. The Morgan fingerprint density at radius 3 is 0.562 bits per heavy atom. The number of carboxylic acid groups (broad SMARTS) is 2. The third-order valence-electron chi connectivity index (χ3n) is 14.5. The topological polar surface area (TPSA) is 133 Å². The van der Waals surface area contributed by atoms with Gasteiger partial charge in [0.05, 0.1) is 13.2 Å². The van der Waals surface area contributed by atoms with Crippen LogP contribution in [0.4, 0.5) is 0 Å². The number of ether oxygens (including phenoxy) is 2. The minimum Gasteiger partial charge on any atom is -0.550 e. The van der Waals surface area contributed by atoms with Gasteiger partial charge >= 0.3 is 49.7 Å². The van der Waals surface area contributed by atoms with Gasteiger partial charge in [0.1, 0.15) is 0 Å². The zero-order valence-corrected chi connectivity index (χ0v) is 51.2. The van der Waals surface area contributed by atoms with Crippen molar-refractivity contribution in [1.82, 2.24) is 0 Å². The molecule has 0 saturated heterocycles. The molecular weight excluding hydrogens is 937 g/mol. The number of hydrogen-bond donors (Lipinski definition) is 0. The zero-order chi connectivity index (χ0) is 52.7. The molecule has 0 saturated carbocycles. The van der Waals surface area contributed by atoms with E-state index in [1.54, 1.807) is 0 Å². The molecule has 73 heavy (non-hydrogen) atoms. The Bertz CT molecular complexity index is 1020. The molecule has 0 bridgehead atoms. The van der Waals surface area contributed by atoms with Gasteiger partial charge in [-0.15, -0.1) is 0 Å². The maximum absolute atomic E-state index is 11.8. The van der Waals surface area contributed by atoms with Crippen molar-refractivity contribution in [2.45, 2.75) is 373 Å². The molecule has 0 aliphatic heterocycles. The van der Waals surface area contributed by atoms with Crippen LogP contribution in [-0.4, -0.2) is 74.8 Å². The van der Waals surface area contributed by atoms with Crippen molar-refractivity contribution in [2.75, 3.05) is 13.2 Å². The average molecular weight is 1060 g/mol. The third-order valence-corrected chi connectivity index (χ3v) is 14.5. The van der Waals surface area contributed by atoms with Crippen molar-refractivity contribution in [3.63, 3.8) is 0 Å². The number of aliphatic carboxylic acids is 2. The molecule has 0 spiro atoms. The second-order valence-electron chi connectivity index (χ2n) is 21.9. The monoisotopic (exact) mass is 1060 g/mol. The maximum Gasteiger partial charge on any atom is 2.00 e. The van der Waals surface area contributed by atoms with Gasteiger partial charge in [-0.05, 0) is 51.4 Å². The van der Waals surface area contributed by atoms with Gasteiger partial charge in [-0.1, -0.05) is 309 Å². The first-order chi connectivity index (χ1) is 35.3. The van der Waals surface area contributed by atoms with Gasteiger partial charge in [0, 0.05) is 24.8 Å². The minimum atomic E-state index is -0.916. The number of carbonyl (C=O) groups excluding carboxylic acids is 4. The molecule has 0 atom stereocenters. The van der Waals surface area contributed by atoms with Crippen LogP contribution in [0.1, 0.15) is 373 Å². The Morgan fingerprint density at radius 2 is 0.384 bits per heavy atom. The largest absolute Gasteiger partial charge is 2.00 e. The van der Waals surface area contributed by atoms with Gasteiger partial charge in [-0.25, -0.2) is 0 Å². The second kappa shape index (κ2) is 69.2. The van der Waals surface area contributed by atoms with Crippen LogP contribution in [0.5, 0.6) is 0 Å². The molecule has 0 N–H and O–H groups in total. The predicted octanol–water partition coefficient (Wildman–Crippen LogP) is 18.1. The number of hydrogen-bond acceptors (Lipinski definition) is 8. The molecular formula is C64H122CaO8. The smallest absolute Gasteiger partial charge is 0.550 e. The number of unbranched alkanes of at least 4 members (excludes halogenated alkanes) is 48. The summed E-state index contributed by atoms with van der Waals surface area (Å²) in [5, 5.41) is 20.7. The van der Waals surface area contributed by atoms with Crippen molar-refractivity contribution in [2.24, 2.45) is 0 Å². The van der Waals surface area contributed by atoms with E-state index >= 15 is 0 Å². The van der Waals surface area contributed by atoms with E-state index in [0.717, 1.165) is 64.2 Å². The fourth-order valence-corrected chi connectivity index (χ4v) is 9.72. The summed E-state index contributed by atoms with van der Waals surface area (Å²) in [7, 11) is 0. The Kier molecular flexibility index (Phi) is 72.3. The first-order valence-corrected chi connectivity index (χ1v) is 32.0. The van der Waals surface area contributed by atoms with Crippen molar-refractivity contribution in [3.8, 4) is 0 Å². The van der Waals surface area contributed by atoms with Crippen LogP contribution in [0.25, 0.3) is 0 Å². The predicted molar refractivity (Wildman–Crippen MR) is 308 cm³/mol. The van der Waals surface area contributed by atoms with Crippen molar-refractivity contribution < 1.29 is 38.9 Å². The number of rotatable bonds is 60. The van der Waals surface area contributed by atoms with Gasteiger partial charge in [0.2, 0.25) is 0 Å². The maximum atomic E-state index is 11.8. The Balaban J connectivity index is -0.00000132. The molecule has 0 heterocycles. The van der Waals surface area contributed by atoms with E-state index in [9.17, 15) is 29.4 Å². The van der Waals surface area contributed by atoms with Crippen LogP contribution in [0.3, 0.4) is 0 Å². The summed E-state index contributed by atoms with van der Waals surface area (Å²) >= 11 is 0. The average Bonchev–Trinajstić information content (AvgIpc) is 3.36. The molecule has 0 aliphatic rings. The van der Waals surface area contributed by atoms with Crippen molar-refractivity contribution >= 4 is 61.6 Å². The van der Waals surface area contributed by atoms with Crippen LogP contribution >= 0.6 is 0 Å². The van der Waals surface area contributed by atoms with Gasteiger partial charge < -0.3 is 29.3 Å². The van der Waals surface area contributed by atoms with E-state index in [1.165, 1.54) is 270 Å². The number of esters is 2. The van der Waals surface area contributed by atoms with Gasteiger partial charge in [0.25, 0.3) is 0 Å². The molecule has 9 heteroatoms. The summed E-state index contributed by atoms with van der Waals surface area (Å²) < 4.78 is 10.8. The molecule has 0 unspecified atom stereocenters. The first kappa shape index (κ1) is 76.4. The van der Waals surface area contributed by atoms with Gasteiger partial charge in [-0.2, -0.15) is 0 Å².